The van der Waals surface area contributed by atoms with Crippen LogP contribution < -0.4 is 0 Å². The molecule has 106 valence electrons. The molecule has 0 bridgehead atoms. The second kappa shape index (κ2) is 5.53. The van der Waals surface area contributed by atoms with Crippen molar-refractivity contribution in [3.8, 4) is 0 Å². The second-order valence-corrected chi connectivity index (χ2v) is 7.65. The molecular weight excluding hydrogens is 220 g/mol. The highest BCUT2D eigenvalue weighted by molar-refractivity contribution is 4.94. The van der Waals surface area contributed by atoms with Gasteiger partial charge in [-0.15, -0.1) is 0 Å². The molecule has 0 aromatic heterocycles. The molecule has 18 heavy (non-hydrogen) atoms. The Kier molecular flexibility index (Phi) is 4.41. The lowest BCUT2D eigenvalue weighted by Crippen LogP contribution is -2.44. The summed E-state index contributed by atoms with van der Waals surface area (Å²) in [6.07, 6.45) is 8.44. The highest BCUT2D eigenvalue weighted by Crippen LogP contribution is 2.46. The van der Waals surface area contributed by atoms with Crippen LogP contribution in [0.15, 0.2) is 0 Å². The van der Waals surface area contributed by atoms with Crippen molar-refractivity contribution in [2.75, 3.05) is 0 Å². The molecule has 2 aliphatic carbocycles. The summed E-state index contributed by atoms with van der Waals surface area (Å²) >= 11 is 0. The van der Waals surface area contributed by atoms with Crippen LogP contribution in [0.1, 0.15) is 72.6 Å². The monoisotopic (exact) mass is 252 g/mol. The zero-order valence-corrected chi connectivity index (χ0v) is 12.8. The van der Waals surface area contributed by atoms with Gasteiger partial charge in [0.1, 0.15) is 0 Å². The van der Waals surface area contributed by atoms with E-state index < -0.39 is 0 Å². The van der Waals surface area contributed by atoms with Gasteiger partial charge in [-0.25, -0.2) is 0 Å². The molecular formula is C17H32O. The first-order valence-corrected chi connectivity index (χ1v) is 8.14. The van der Waals surface area contributed by atoms with Crippen LogP contribution in [0.4, 0.5) is 0 Å². The minimum atomic E-state index is -0.320. The summed E-state index contributed by atoms with van der Waals surface area (Å²) in [7, 11) is 0. The van der Waals surface area contributed by atoms with Crippen molar-refractivity contribution in [2.24, 2.45) is 29.6 Å². The Bertz CT molecular complexity index is 263. The average molecular weight is 252 g/mol. The lowest BCUT2D eigenvalue weighted by Gasteiger charge is -2.46. The Morgan fingerprint density at radius 3 is 2.06 bits per heavy atom. The summed E-state index contributed by atoms with van der Waals surface area (Å²) in [6, 6.07) is 0. The van der Waals surface area contributed by atoms with Gasteiger partial charge in [0.2, 0.25) is 0 Å². The van der Waals surface area contributed by atoms with Gasteiger partial charge in [0, 0.05) is 0 Å². The first-order valence-electron chi connectivity index (χ1n) is 8.14. The maximum absolute atomic E-state index is 11.0. The van der Waals surface area contributed by atoms with Crippen molar-refractivity contribution < 1.29 is 5.11 Å². The van der Waals surface area contributed by atoms with E-state index in [1.165, 1.54) is 32.1 Å². The van der Waals surface area contributed by atoms with Gasteiger partial charge in [0.15, 0.2) is 0 Å². The van der Waals surface area contributed by atoms with E-state index in [0.29, 0.717) is 5.92 Å². The molecule has 1 heteroatoms. The SMILES string of the molecule is CC(C)C1CCC(O)(C2CCC(C)C(C)C2)CC1. The van der Waals surface area contributed by atoms with E-state index in [0.717, 1.165) is 36.5 Å². The number of hydrogen-bond acceptors (Lipinski definition) is 1. The quantitative estimate of drug-likeness (QED) is 0.759. The molecule has 2 saturated carbocycles. The van der Waals surface area contributed by atoms with E-state index in [9.17, 15) is 5.11 Å². The Balaban J connectivity index is 1.93. The highest BCUT2D eigenvalue weighted by atomic mass is 16.3. The van der Waals surface area contributed by atoms with Crippen LogP contribution in [0.25, 0.3) is 0 Å². The fraction of sp³-hybridized carbons (Fsp3) is 1.00. The van der Waals surface area contributed by atoms with Gasteiger partial charge in [-0.3, -0.25) is 0 Å². The lowest BCUT2D eigenvalue weighted by atomic mass is 9.63. The van der Waals surface area contributed by atoms with Crippen LogP contribution in [0, 0.1) is 29.6 Å². The molecule has 1 nitrogen and oxygen atoms in total. The summed E-state index contributed by atoms with van der Waals surface area (Å²) in [5.74, 6) is 3.88. The van der Waals surface area contributed by atoms with Crippen LogP contribution in [-0.4, -0.2) is 10.7 Å². The second-order valence-electron chi connectivity index (χ2n) is 7.65. The number of rotatable bonds is 2. The molecule has 3 unspecified atom stereocenters. The van der Waals surface area contributed by atoms with Gasteiger partial charge < -0.3 is 5.11 Å². The topological polar surface area (TPSA) is 20.2 Å². The van der Waals surface area contributed by atoms with Gasteiger partial charge >= 0.3 is 0 Å². The molecule has 2 fully saturated rings. The van der Waals surface area contributed by atoms with E-state index in [2.05, 4.69) is 27.7 Å². The zero-order chi connectivity index (χ0) is 13.3. The van der Waals surface area contributed by atoms with Crippen LogP contribution in [0.2, 0.25) is 0 Å². The predicted molar refractivity (Wildman–Crippen MR) is 77.4 cm³/mol. The molecule has 0 heterocycles. The summed E-state index contributed by atoms with van der Waals surface area (Å²) in [5, 5.41) is 11.0. The van der Waals surface area contributed by atoms with Crippen molar-refractivity contribution in [2.45, 2.75) is 78.2 Å². The van der Waals surface area contributed by atoms with Crippen LogP contribution >= 0.6 is 0 Å². The van der Waals surface area contributed by atoms with Crippen molar-refractivity contribution in [3.63, 3.8) is 0 Å². The molecule has 0 amide bonds. The number of hydrogen-bond donors (Lipinski definition) is 1. The fourth-order valence-electron chi connectivity index (χ4n) is 4.25. The van der Waals surface area contributed by atoms with E-state index in [4.69, 9.17) is 0 Å². The first kappa shape index (κ1) is 14.4. The maximum Gasteiger partial charge on any atom is 0.0676 e. The van der Waals surface area contributed by atoms with E-state index in [-0.39, 0.29) is 5.60 Å². The summed E-state index contributed by atoms with van der Waals surface area (Å²) in [4.78, 5) is 0. The van der Waals surface area contributed by atoms with Gasteiger partial charge in [-0.05, 0) is 68.1 Å². The minimum Gasteiger partial charge on any atom is -0.390 e. The molecule has 1 N–H and O–H groups in total. The van der Waals surface area contributed by atoms with E-state index in [1.54, 1.807) is 0 Å². The molecule has 0 saturated heterocycles. The lowest BCUT2D eigenvalue weighted by molar-refractivity contribution is -0.0840. The van der Waals surface area contributed by atoms with Gasteiger partial charge in [0.25, 0.3) is 0 Å². The van der Waals surface area contributed by atoms with Gasteiger partial charge in [-0.1, -0.05) is 34.1 Å². The summed E-state index contributed by atoms with van der Waals surface area (Å²) in [6.45, 7) is 9.42. The third kappa shape index (κ3) is 2.92. The standard InChI is InChI=1S/C17H32O/c1-12(2)15-7-9-17(18,10-8-15)16-6-5-13(3)14(4)11-16/h12-16,18H,5-11H2,1-4H3. The fourth-order valence-corrected chi connectivity index (χ4v) is 4.25. The highest BCUT2D eigenvalue weighted by Gasteiger charge is 2.42. The van der Waals surface area contributed by atoms with Gasteiger partial charge in [0.05, 0.1) is 5.60 Å². The molecule has 0 spiro atoms. The number of aliphatic hydroxyl groups is 1. The third-order valence-electron chi connectivity index (χ3n) is 6.20. The normalized spacial score (nSPS) is 46.3. The van der Waals surface area contributed by atoms with Crippen LogP contribution in [0.5, 0.6) is 0 Å². The Hall–Kier alpha value is -0.0400. The predicted octanol–water partition coefficient (Wildman–Crippen LogP) is 4.64. The van der Waals surface area contributed by atoms with Crippen molar-refractivity contribution >= 4 is 0 Å². The molecule has 2 rings (SSSR count). The van der Waals surface area contributed by atoms with E-state index >= 15 is 0 Å². The zero-order valence-electron chi connectivity index (χ0n) is 12.8. The van der Waals surface area contributed by atoms with Crippen molar-refractivity contribution in [1.29, 1.82) is 0 Å². The summed E-state index contributed by atoms with van der Waals surface area (Å²) in [5.41, 5.74) is -0.320. The molecule has 0 radical (unpaired) electrons. The largest absolute Gasteiger partial charge is 0.390 e. The van der Waals surface area contributed by atoms with Crippen molar-refractivity contribution in [3.05, 3.63) is 0 Å². The molecule has 3 atom stereocenters. The van der Waals surface area contributed by atoms with Crippen LogP contribution in [0.3, 0.4) is 0 Å². The summed E-state index contributed by atoms with van der Waals surface area (Å²) < 4.78 is 0. The van der Waals surface area contributed by atoms with Gasteiger partial charge in [-0.2, -0.15) is 0 Å². The minimum absolute atomic E-state index is 0.320. The maximum atomic E-state index is 11.0. The third-order valence-corrected chi connectivity index (χ3v) is 6.20. The molecule has 0 aliphatic heterocycles. The van der Waals surface area contributed by atoms with E-state index in [1.807, 2.05) is 0 Å². The van der Waals surface area contributed by atoms with Crippen molar-refractivity contribution in [1.82, 2.24) is 0 Å². The Labute approximate surface area is 113 Å². The molecule has 2 aliphatic rings. The smallest absolute Gasteiger partial charge is 0.0676 e. The molecule has 0 aromatic rings. The van der Waals surface area contributed by atoms with Crippen LogP contribution in [-0.2, 0) is 0 Å². The molecule has 0 aromatic carbocycles. The Morgan fingerprint density at radius 1 is 0.944 bits per heavy atom. The first-order chi connectivity index (χ1) is 8.42. The average Bonchev–Trinajstić information content (AvgIpc) is 2.33. The Morgan fingerprint density at radius 2 is 1.56 bits per heavy atom.